The highest BCUT2D eigenvalue weighted by Crippen LogP contribution is 2.07. The SMILES string of the molecule is C[C@@H](CO)NCc1ccc(S(C)=O)cc1. The predicted octanol–water partition coefficient (Wildman–Crippen LogP) is 0.894. The lowest BCUT2D eigenvalue weighted by Gasteiger charge is -2.10. The largest absolute Gasteiger partial charge is 0.395 e. The Morgan fingerprint density at radius 2 is 2.00 bits per heavy atom. The van der Waals surface area contributed by atoms with Gasteiger partial charge in [0.2, 0.25) is 0 Å². The summed E-state index contributed by atoms with van der Waals surface area (Å²) in [5.41, 5.74) is 1.13. The van der Waals surface area contributed by atoms with E-state index in [1.54, 1.807) is 6.26 Å². The van der Waals surface area contributed by atoms with Crippen molar-refractivity contribution in [2.24, 2.45) is 0 Å². The Morgan fingerprint density at radius 1 is 1.40 bits per heavy atom. The van der Waals surface area contributed by atoms with E-state index in [2.05, 4.69) is 5.32 Å². The first kappa shape index (κ1) is 12.4. The molecule has 0 aliphatic carbocycles. The maximum Gasteiger partial charge on any atom is 0.0582 e. The molecule has 0 spiro atoms. The summed E-state index contributed by atoms with van der Waals surface area (Å²) in [4.78, 5) is 0.842. The highest BCUT2D eigenvalue weighted by molar-refractivity contribution is 7.84. The number of benzene rings is 1. The van der Waals surface area contributed by atoms with E-state index >= 15 is 0 Å². The topological polar surface area (TPSA) is 49.3 Å². The molecule has 84 valence electrons. The Kier molecular flexibility index (Phi) is 4.94. The first-order valence-electron chi connectivity index (χ1n) is 4.90. The van der Waals surface area contributed by atoms with E-state index in [4.69, 9.17) is 5.11 Å². The van der Waals surface area contributed by atoms with Crippen molar-refractivity contribution in [2.75, 3.05) is 12.9 Å². The molecule has 0 radical (unpaired) electrons. The van der Waals surface area contributed by atoms with Crippen molar-refractivity contribution in [3.05, 3.63) is 29.8 Å². The summed E-state index contributed by atoms with van der Waals surface area (Å²) in [7, 11) is -0.912. The summed E-state index contributed by atoms with van der Waals surface area (Å²) in [6, 6.07) is 7.75. The Morgan fingerprint density at radius 3 is 2.47 bits per heavy atom. The normalized spacial score (nSPS) is 14.9. The highest BCUT2D eigenvalue weighted by Gasteiger charge is 2.00. The van der Waals surface area contributed by atoms with Gasteiger partial charge in [-0.05, 0) is 24.6 Å². The standard InChI is InChI=1S/C11H17NO2S/c1-9(8-13)12-7-10-3-5-11(6-4-10)15(2)14/h3-6,9,12-13H,7-8H2,1-2H3/t9-,15?/m0/s1. The lowest BCUT2D eigenvalue weighted by atomic mass is 10.2. The van der Waals surface area contributed by atoms with Crippen molar-refractivity contribution >= 4 is 10.8 Å². The molecule has 0 saturated heterocycles. The lowest BCUT2D eigenvalue weighted by Crippen LogP contribution is -2.28. The second-order valence-corrected chi connectivity index (χ2v) is 4.94. The van der Waals surface area contributed by atoms with Gasteiger partial charge in [0.05, 0.1) is 6.61 Å². The first-order valence-corrected chi connectivity index (χ1v) is 6.46. The minimum Gasteiger partial charge on any atom is -0.395 e. The molecular weight excluding hydrogens is 210 g/mol. The monoisotopic (exact) mass is 227 g/mol. The molecular formula is C11H17NO2S. The summed E-state index contributed by atoms with van der Waals surface area (Å²) >= 11 is 0. The molecule has 0 amide bonds. The Labute approximate surface area is 93.0 Å². The van der Waals surface area contributed by atoms with Gasteiger partial charge in [-0.3, -0.25) is 4.21 Å². The van der Waals surface area contributed by atoms with Crippen molar-refractivity contribution in [1.82, 2.24) is 5.32 Å². The van der Waals surface area contributed by atoms with Crippen LogP contribution in [0.4, 0.5) is 0 Å². The van der Waals surface area contributed by atoms with E-state index in [0.29, 0.717) is 0 Å². The van der Waals surface area contributed by atoms with Crippen LogP contribution in [-0.4, -0.2) is 28.2 Å². The molecule has 3 nitrogen and oxygen atoms in total. The fourth-order valence-corrected chi connectivity index (χ4v) is 1.67. The molecule has 0 aliphatic rings. The smallest absolute Gasteiger partial charge is 0.0582 e. The quantitative estimate of drug-likeness (QED) is 0.785. The molecule has 15 heavy (non-hydrogen) atoms. The zero-order valence-electron chi connectivity index (χ0n) is 9.06. The van der Waals surface area contributed by atoms with Crippen LogP contribution in [0.3, 0.4) is 0 Å². The Balaban J connectivity index is 2.53. The summed E-state index contributed by atoms with van der Waals surface area (Å²) in [6.45, 7) is 2.78. The number of hydrogen-bond donors (Lipinski definition) is 2. The van der Waals surface area contributed by atoms with Crippen LogP contribution in [0.5, 0.6) is 0 Å². The van der Waals surface area contributed by atoms with Crippen molar-refractivity contribution in [3.8, 4) is 0 Å². The van der Waals surface area contributed by atoms with E-state index < -0.39 is 10.8 Å². The van der Waals surface area contributed by atoms with Gasteiger partial charge in [0.15, 0.2) is 0 Å². The predicted molar refractivity (Wildman–Crippen MR) is 62.2 cm³/mol. The van der Waals surface area contributed by atoms with Crippen LogP contribution in [0.25, 0.3) is 0 Å². The third kappa shape index (κ3) is 4.11. The molecule has 0 fully saturated rings. The van der Waals surface area contributed by atoms with Gasteiger partial charge in [-0.25, -0.2) is 0 Å². The van der Waals surface area contributed by atoms with Crippen LogP contribution < -0.4 is 5.32 Å². The van der Waals surface area contributed by atoms with Crippen LogP contribution in [-0.2, 0) is 17.3 Å². The van der Waals surface area contributed by atoms with Crippen LogP contribution in [0.2, 0.25) is 0 Å². The van der Waals surface area contributed by atoms with Crippen molar-refractivity contribution in [2.45, 2.75) is 24.4 Å². The minimum absolute atomic E-state index is 0.102. The molecule has 0 heterocycles. The molecule has 1 unspecified atom stereocenters. The van der Waals surface area contributed by atoms with Crippen LogP contribution >= 0.6 is 0 Å². The van der Waals surface area contributed by atoms with Crippen molar-refractivity contribution < 1.29 is 9.32 Å². The van der Waals surface area contributed by atoms with Crippen LogP contribution in [0.15, 0.2) is 29.2 Å². The van der Waals surface area contributed by atoms with Crippen molar-refractivity contribution in [1.29, 1.82) is 0 Å². The van der Waals surface area contributed by atoms with Gasteiger partial charge in [-0.15, -0.1) is 0 Å². The average Bonchev–Trinajstić information content (AvgIpc) is 2.26. The Hall–Kier alpha value is -0.710. The molecule has 0 aliphatic heterocycles. The molecule has 1 rings (SSSR count). The molecule has 2 N–H and O–H groups in total. The summed E-state index contributed by atoms with van der Waals surface area (Å²) in [6.07, 6.45) is 1.67. The molecule has 2 atom stereocenters. The van der Waals surface area contributed by atoms with E-state index in [1.807, 2.05) is 31.2 Å². The van der Waals surface area contributed by atoms with Gasteiger partial charge in [0, 0.05) is 34.5 Å². The van der Waals surface area contributed by atoms with E-state index in [0.717, 1.165) is 17.0 Å². The third-order valence-electron chi connectivity index (χ3n) is 2.18. The zero-order valence-corrected chi connectivity index (χ0v) is 9.88. The molecule has 1 aromatic rings. The van der Waals surface area contributed by atoms with Gasteiger partial charge in [0.1, 0.15) is 0 Å². The minimum atomic E-state index is -0.912. The number of nitrogens with one attached hydrogen (secondary N) is 1. The highest BCUT2D eigenvalue weighted by atomic mass is 32.2. The fourth-order valence-electron chi connectivity index (χ4n) is 1.16. The fraction of sp³-hybridized carbons (Fsp3) is 0.455. The number of rotatable bonds is 5. The van der Waals surface area contributed by atoms with Gasteiger partial charge in [-0.2, -0.15) is 0 Å². The number of aliphatic hydroxyl groups excluding tert-OH is 1. The van der Waals surface area contributed by atoms with E-state index in [1.165, 1.54) is 0 Å². The molecule has 4 heteroatoms. The number of aliphatic hydroxyl groups is 1. The summed E-state index contributed by atoms with van der Waals surface area (Å²) in [5.74, 6) is 0. The molecule has 0 saturated carbocycles. The van der Waals surface area contributed by atoms with E-state index in [-0.39, 0.29) is 12.6 Å². The van der Waals surface area contributed by atoms with Gasteiger partial charge < -0.3 is 10.4 Å². The van der Waals surface area contributed by atoms with Gasteiger partial charge in [-0.1, -0.05) is 12.1 Å². The summed E-state index contributed by atoms with van der Waals surface area (Å²) < 4.78 is 11.1. The number of hydrogen-bond acceptors (Lipinski definition) is 3. The maximum absolute atomic E-state index is 11.1. The van der Waals surface area contributed by atoms with Gasteiger partial charge >= 0.3 is 0 Å². The van der Waals surface area contributed by atoms with E-state index in [9.17, 15) is 4.21 Å². The van der Waals surface area contributed by atoms with Crippen LogP contribution in [0, 0.1) is 0 Å². The first-order chi connectivity index (χ1) is 7.13. The second-order valence-electron chi connectivity index (χ2n) is 3.56. The summed E-state index contributed by atoms with van der Waals surface area (Å²) in [5, 5.41) is 12.0. The van der Waals surface area contributed by atoms with Gasteiger partial charge in [0.25, 0.3) is 0 Å². The third-order valence-corrected chi connectivity index (χ3v) is 3.12. The average molecular weight is 227 g/mol. The molecule has 0 aromatic heterocycles. The van der Waals surface area contributed by atoms with Crippen LogP contribution in [0.1, 0.15) is 12.5 Å². The lowest BCUT2D eigenvalue weighted by molar-refractivity contribution is 0.251. The molecule has 0 bridgehead atoms. The zero-order chi connectivity index (χ0) is 11.3. The maximum atomic E-state index is 11.1. The molecule has 1 aromatic carbocycles. The second kappa shape index (κ2) is 6.00. The Bertz CT molecular complexity index is 324. The van der Waals surface area contributed by atoms with Crippen molar-refractivity contribution in [3.63, 3.8) is 0 Å².